The molecule has 82 heavy (non-hydrogen) atoms. The summed E-state index contributed by atoms with van der Waals surface area (Å²) in [7, 11) is 0. The van der Waals surface area contributed by atoms with E-state index in [2.05, 4.69) is 275 Å². The topological polar surface area (TPSA) is 33.5 Å². The first-order valence-corrected chi connectivity index (χ1v) is 27.8. The van der Waals surface area contributed by atoms with Gasteiger partial charge in [0.1, 0.15) is 11.6 Å². The van der Waals surface area contributed by atoms with E-state index in [0.29, 0.717) is 11.5 Å². The van der Waals surface area contributed by atoms with Gasteiger partial charge in [-0.3, -0.25) is 0 Å². The molecule has 1 unspecified atom stereocenters. The molecule has 1 atom stereocenters. The largest absolute Gasteiger partial charge is 0.509 e. The van der Waals surface area contributed by atoms with Gasteiger partial charge >= 0.3 is 0 Å². The number of ether oxygens (including phenoxy) is 1. The molecule has 7 heteroatoms. The van der Waals surface area contributed by atoms with E-state index >= 15 is 4.39 Å². The van der Waals surface area contributed by atoms with Crippen LogP contribution in [0.5, 0.6) is 11.5 Å². The van der Waals surface area contributed by atoms with E-state index in [9.17, 15) is 0 Å². The maximum Gasteiger partial charge on any atom is 0.135 e. The summed E-state index contributed by atoms with van der Waals surface area (Å²) >= 11 is 0. The molecule has 0 fully saturated rings. The van der Waals surface area contributed by atoms with E-state index in [-0.39, 0.29) is 37.7 Å². The molecule has 0 radical (unpaired) electrons. The van der Waals surface area contributed by atoms with Gasteiger partial charge in [0.25, 0.3) is 0 Å². The second kappa shape index (κ2) is 20.3. The molecular weight excluding hydrogens is 1190 g/mol. The van der Waals surface area contributed by atoms with Crippen molar-refractivity contribution in [2.75, 3.05) is 9.80 Å². The molecule has 12 aromatic rings. The van der Waals surface area contributed by atoms with E-state index in [1.54, 1.807) is 12.1 Å². The van der Waals surface area contributed by atoms with Gasteiger partial charge in [0.15, 0.2) is 0 Å². The Hall–Kier alpha value is -8.83. The Morgan fingerprint density at radius 1 is 0.488 bits per heavy atom. The first kappa shape index (κ1) is 52.5. The molecule has 14 rings (SSSR count). The number of rotatable bonds is 9. The van der Waals surface area contributed by atoms with Crippen molar-refractivity contribution in [1.82, 2.24) is 9.55 Å². The summed E-state index contributed by atoms with van der Waals surface area (Å²) in [5.41, 5.74) is 17.3. The molecule has 2 aliphatic rings. The molecule has 10 aromatic carbocycles. The van der Waals surface area contributed by atoms with E-state index in [1.165, 1.54) is 11.1 Å². The van der Waals surface area contributed by atoms with Gasteiger partial charge in [-0.1, -0.05) is 199 Å². The molecule has 0 spiro atoms. The van der Waals surface area contributed by atoms with Gasteiger partial charge in [0.2, 0.25) is 0 Å². The summed E-state index contributed by atoms with van der Waals surface area (Å²) in [6.07, 6.45) is 1.90. The molecule has 2 aromatic heterocycles. The monoisotopic (exact) mass is 1240 g/mol. The second-order valence-corrected chi connectivity index (χ2v) is 23.4. The smallest absolute Gasteiger partial charge is 0.135 e. The first-order valence-electron chi connectivity index (χ1n) is 27.8. The Morgan fingerprint density at radius 3 is 1.79 bits per heavy atom. The van der Waals surface area contributed by atoms with Gasteiger partial charge in [-0.05, 0) is 121 Å². The van der Waals surface area contributed by atoms with Crippen molar-refractivity contribution in [2.24, 2.45) is 0 Å². The van der Waals surface area contributed by atoms with Crippen LogP contribution in [0.3, 0.4) is 0 Å². The number of halogens is 1. The van der Waals surface area contributed by atoms with Crippen molar-refractivity contribution in [3.63, 3.8) is 0 Å². The summed E-state index contributed by atoms with van der Waals surface area (Å²) in [5, 5.41) is 2.14. The maximum absolute atomic E-state index is 15.7. The minimum absolute atomic E-state index is 0. The molecule has 3 heterocycles. The van der Waals surface area contributed by atoms with Gasteiger partial charge in [-0.15, -0.1) is 53.6 Å². The van der Waals surface area contributed by atoms with Crippen LogP contribution in [-0.4, -0.2) is 9.55 Å². The van der Waals surface area contributed by atoms with Gasteiger partial charge in [0, 0.05) is 77.9 Å². The Bertz CT molecular complexity index is 4350. The maximum atomic E-state index is 15.7. The third-order valence-corrected chi connectivity index (χ3v) is 16.4. The Kier molecular flexibility index (Phi) is 13.0. The van der Waals surface area contributed by atoms with E-state index in [4.69, 9.17) is 9.72 Å². The molecule has 0 amide bonds. The number of para-hydroxylation sites is 3. The molecule has 0 saturated heterocycles. The Labute approximate surface area is 494 Å². The van der Waals surface area contributed by atoms with E-state index in [0.717, 1.165) is 106 Å². The van der Waals surface area contributed by atoms with E-state index < -0.39 is 5.41 Å². The van der Waals surface area contributed by atoms with Crippen LogP contribution in [0.4, 0.5) is 27.1 Å². The Morgan fingerprint density at radius 2 is 1.10 bits per heavy atom. The van der Waals surface area contributed by atoms with Gasteiger partial charge < -0.3 is 19.1 Å². The van der Waals surface area contributed by atoms with Gasteiger partial charge in [-0.25, -0.2) is 9.37 Å². The fourth-order valence-corrected chi connectivity index (χ4v) is 12.4. The fraction of sp³-hybridized carbons (Fsp3) is 0.120. The van der Waals surface area contributed by atoms with Crippen molar-refractivity contribution in [1.29, 1.82) is 0 Å². The molecule has 5 nitrogen and oxygen atoms in total. The van der Waals surface area contributed by atoms with Crippen molar-refractivity contribution in [2.45, 2.75) is 57.8 Å². The molecule has 1 aliphatic carbocycles. The SMILES string of the molecule is CC(C)(C)c1ccnc(-n2c3[c-]c(Oc4[c-]c(N5[CH-]N(c6c(-c7ccccc7)cc(C(C)(C)C)cc6-c6ccccc6)c6ccccc65)cc(C5(c6ccccc6)c6ccccc6-c6cc(F)ccc65)c4)ccc3c3ccccc32)c1.[Pt]. The summed E-state index contributed by atoms with van der Waals surface area (Å²) in [5.74, 6) is 1.54. The standard InChI is InChI=1S/C75H58FN4O.Pt/c1-73(2,3)52-38-39-77-71(44-52)80-67-31-19-17-29-60(67)61-36-35-57(47-70(61)80)81-58-41-54(75(51-26-14-9-15-27-51)65-30-18-16-28-59(65)64-45-55(76)34-37-66(64)75)40-56(46-58)78-48-79(69-33-21-20-32-68(69)78)72-62(49-22-10-7-11-23-49)42-53(74(4,5)6)43-63(72)50-24-12-8-13-25-50;/h7-45,48H,1-6H3;/q-3;. The van der Waals surface area contributed by atoms with E-state index in [1.807, 2.05) is 24.4 Å². The van der Waals surface area contributed by atoms with Crippen molar-refractivity contribution < 1.29 is 30.2 Å². The third-order valence-electron chi connectivity index (χ3n) is 16.4. The zero-order valence-corrected chi connectivity index (χ0v) is 48.8. The number of pyridine rings is 1. The molecule has 0 N–H and O–H groups in total. The Balaban J connectivity index is 0.00000631. The minimum atomic E-state index is -0.907. The van der Waals surface area contributed by atoms with Crippen LogP contribution in [0.2, 0.25) is 0 Å². The number of hydrogen-bond acceptors (Lipinski definition) is 4. The molecular formula is C75H58FN4OPt-3. The zero-order chi connectivity index (χ0) is 55.2. The molecule has 404 valence electrons. The molecule has 0 saturated carbocycles. The third kappa shape index (κ3) is 8.75. The number of hydrogen-bond donors (Lipinski definition) is 0. The number of nitrogens with zero attached hydrogens (tertiary/aromatic N) is 4. The number of fused-ring (bicyclic) bond motifs is 7. The van der Waals surface area contributed by atoms with Crippen LogP contribution < -0.4 is 14.5 Å². The summed E-state index contributed by atoms with van der Waals surface area (Å²) in [6, 6.07) is 87.9. The van der Waals surface area contributed by atoms with Crippen LogP contribution in [0.15, 0.2) is 237 Å². The fourth-order valence-electron chi connectivity index (χ4n) is 12.4. The minimum Gasteiger partial charge on any atom is -0.509 e. The molecule has 0 bridgehead atoms. The van der Waals surface area contributed by atoms with Crippen LogP contribution in [0, 0.1) is 24.6 Å². The average molecular weight is 1250 g/mol. The van der Waals surface area contributed by atoms with Gasteiger partial charge in [-0.2, -0.15) is 6.07 Å². The number of aromatic nitrogens is 2. The van der Waals surface area contributed by atoms with Crippen LogP contribution in [0.25, 0.3) is 61.0 Å². The molecule has 1 aliphatic heterocycles. The van der Waals surface area contributed by atoms with Crippen LogP contribution in [0.1, 0.15) is 74.9 Å². The summed E-state index contributed by atoms with van der Waals surface area (Å²) in [6.45, 7) is 15.7. The normalized spacial score (nSPS) is 14.6. The predicted octanol–water partition coefficient (Wildman–Crippen LogP) is 19.4. The first-order chi connectivity index (χ1) is 39.3. The summed E-state index contributed by atoms with van der Waals surface area (Å²) < 4.78 is 25.2. The van der Waals surface area contributed by atoms with Crippen molar-refractivity contribution in [3.05, 3.63) is 295 Å². The second-order valence-electron chi connectivity index (χ2n) is 23.4. The zero-order valence-electron chi connectivity index (χ0n) is 46.5. The van der Waals surface area contributed by atoms with Crippen molar-refractivity contribution in [3.8, 4) is 50.7 Å². The number of anilines is 4. The predicted molar refractivity (Wildman–Crippen MR) is 330 cm³/mol. The van der Waals surface area contributed by atoms with Crippen LogP contribution in [-0.2, 0) is 37.3 Å². The van der Waals surface area contributed by atoms with Gasteiger partial charge in [0.05, 0.1) is 0 Å². The summed E-state index contributed by atoms with van der Waals surface area (Å²) in [4.78, 5) is 9.57. The van der Waals surface area contributed by atoms with Crippen molar-refractivity contribution >= 4 is 44.6 Å². The number of benzene rings is 10. The van der Waals surface area contributed by atoms with Crippen LogP contribution >= 0.6 is 0 Å². The average Bonchev–Trinajstić information content (AvgIpc) is 2.46. The quantitative estimate of drug-likeness (QED) is 0.135.